The second-order valence-electron chi connectivity index (χ2n) is 13.2. The Labute approximate surface area is 301 Å². The van der Waals surface area contributed by atoms with Crippen LogP contribution in [0.4, 0.5) is 17.1 Å². The van der Waals surface area contributed by atoms with E-state index in [-0.39, 0.29) is 0 Å². The van der Waals surface area contributed by atoms with Gasteiger partial charge in [0.15, 0.2) is 0 Å². The van der Waals surface area contributed by atoms with Crippen LogP contribution in [0.3, 0.4) is 0 Å². The van der Waals surface area contributed by atoms with Gasteiger partial charge in [0.05, 0.1) is 11.1 Å². The van der Waals surface area contributed by atoms with Gasteiger partial charge in [-0.25, -0.2) is 0 Å². The molecule has 0 bridgehead atoms. The first-order chi connectivity index (χ1) is 25.8. The summed E-state index contributed by atoms with van der Waals surface area (Å²) in [6.45, 7) is 0. The van der Waals surface area contributed by atoms with Crippen LogP contribution < -0.4 is 4.90 Å². The predicted molar refractivity (Wildman–Crippen MR) is 218 cm³/mol. The Bertz CT molecular complexity index is 2880. The van der Waals surface area contributed by atoms with Gasteiger partial charge in [0, 0.05) is 34.5 Å². The van der Waals surface area contributed by atoms with Crippen LogP contribution in [0.5, 0.6) is 0 Å². The quantitative estimate of drug-likeness (QED) is 0.177. The Morgan fingerprint density at radius 2 is 1.02 bits per heavy atom. The van der Waals surface area contributed by atoms with E-state index in [0.717, 1.165) is 60.9 Å². The molecule has 0 aliphatic heterocycles. The number of furan rings is 1. The van der Waals surface area contributed by atoms with Crippen molar-refractivity contribution in [3.63, 3.8) is 0 Å². The molecule has 0 unspecified atom stereocenters. The zero-order chi connectivity index (χ0) is 34.4. The molecule has 52 heavy (non-hydrogen) atoms. The Morgan fingerprint density at radius 3 is 1.81 bits per heavy atom. The molecule has 10 rings (SSSR count). The highest BCUT2D eigenvalue weighted by molar-refractivity contribution is 6.21. The molecule has 0 radical (unpaired) electrons. The van der Waals surface area contributed by atoms with Gasteiger partial charge in [-0.1, -0.05) is 146 Å². The summed E-state index contributed by atoms with van der Waals surface area (Å²) in [6, 6.07) is 65.0. The average molecular weight is 665 g/mol. The van der Waals surface area contributed by atoms with E-state index in [4.69, 9.17) is 4.42 Å². The van der Waals surface area contributed by atoms with E-state index in [1.807, 2.05) is 12.3 Å². The Hall–Kier alpha value is -6.97. The SMILES string of the molecule is c1ccc(-c2ccc(-c3ccc(N(c4cccc(-c5cccc6ccccc56)c4)c4c5ccccc5cc5oc6ccncc6c45)cc3)cc2)cc1. The standard InChI is InChI=1S/C49H32N2O/c1-2-10-33(11-3-1)34-20-22-35(23-21-34)36-24-26-40(27-25-36)51(41-16-8-15-38(30-41)43-19-9-14-37-12-4-6-17-42(37)43)49-44-18-7-5-13-39(44)31-47-48(49)45-32-50-29-28-46(45)52-47/h1-32H. The third-order valence-corrected chi connectivity index (χ3v) is 10.1. The van der Waals surface area contributed by atoms with E-state index in [9.17, 15) is 0 Å². The Morgan fingerprint density at radius 1 is 0.404 bits per heavy atom. The normalized spacial score (nSPS) is 11.5. The zero-order valence-electron chi connectivity index (χ0n) is 28.3. The largest absolute Gasteiger partial charge is 0.456 e. The highest BCUT2D eigenvalue weighted by atomic mass is 16.3. The lowest BCUT2D eigenvalue weighted by molar-refractivity contribution is 0.669. The average Bonchev–Trinajstić information content (AvgIpc) is 3.59. The third-order valence-electron chi connectivity index (χ3n) is 10.1. The van der Waals surface area contributed by atoms with Crippen molar-refractivity contribution < 1.29 is 4.42 Å². The van der Waals surface area contributed by atoms with Crippen LogP contribution in [0.25, 0.3) is 76.9 Å². The highest BCUT2D eigenvalue weighted by Gasteiger charge is 2.23. The molecule has 8 aromatic carbocycles. The number of rotatable bonds is 6. The molecule has 0 aliphatic carbocycles. The van der Waals surface area contributed by atoms with Crippen molar-refractivity contribution in [1.82, 2.24) is 4.98 Å². The number of pyridine rings is 1. The number of nitrogens with zero attached hydrogens (tertiary/aromatic N) is 2. The van der Waals surface area contributed by atoms with Crippen LogP contribution in [0.15, 0.2) is 199 Å². The molecule has 0 aliphatic rings. The Balaban J connectivity index is 1.18. The molecule has 2 aromatic heterocycles. The van der Waals surface area contributed by atoms with Crippen LogP contribution in [-0.4, -0.2) is 4.98 Å². The summed E-state index contributed by atoms with van der Waals surface area (Å²) in [5.41, 5.74) is 12.0. The third kappa shape index (κ3) is 5.10. The van der Waals surface area contributed by atoms with Crippen molar-refractivity contribution in [2.75, 3.05) is 4.90 Å². The van der Waals surface area contributed by atoms with E-state index in [2.05, 4.69) is 186 Å². The van der Waals surface area contributed by atoms with Gasteiger partial charge in [0.2, 0.25) is 0 Å². The summed E-state index contributed by atoms with van der Waals surface area (Å²) < 4.78 is 6.52. The van der Waals surface area contributed by atoms with Crippen molar-refractivity contribution in [3.8, 4) is 33.4 Å². The molecule has 244 valence electrons. The monoisotopic (exact) mass is 664 g/mol. The smallest absolute Gasteiger partial charge is 0.138 e. The molecular weight excluding hydrogens is 633 g/mol. The number of aromatic nitrogens is 1. The molecule has 0 fully saturated rings. The van der Waals surface area contributed by atoms with Gasteiger partial charge >= 0.3 is 0 Å². The second-order valence-corrected chi connectivity index (χ2v) is 13.2. The number of fused-ring (bicyclic) bond motifs is 5. The summed E-state index contributed by atoms with van der Waals surface area (Å²) >= 11 is 0. The molecule has 10 aromatic rings. The zero-order valence-corrected chi connectivity index (χ0v) is 28.3. The fourth-order valence-corrected chi connectivity index (χ4v) is 7.64. The van der Waals surface area contributed by atoms with E-state index in [1.54, 1.807) is 6.20 Å². The second kappa shape index (κ2) is 12.4. The predicted octanol–water partition coefficient (Wildman–Crippen LogP) is 13.8. The van der Waals surface area contributed by atoms with Crippen molar-refractivity contribution in [2.45, 2.75) is 0 Å². The van der Waals surface area contributed by atoms with E-state index < -0.39 is 0 Å². The molecule has 0 atom stereocenters. The summed E-state index contributed by atoms with van der Waals surface area (Å²) in [7, 11) is 0. The van der Waals surface area contributed by atoms with Gasteiger partial charge in [-0.05, 0) is 85.9 Å². The highest BCUT2D eigenvalue weighted by Crippen LogP contribution is 2.48. The Kier molecular flexibility index (Phi) is 7.14. The maximum atomic E-state index is 6.52. The first-order valence-electron chi connectivity index (χ1n) is 17.6. The lowest BCUT2D eigenvalue weighted by Gasteiger charge is -2.28. The van der Waals surface area contributed by atoms with Gasteiger partial charge in [-0.3, -0.25) is 4.98 Å². The molecule has 0 saturated carbocycles. The van der Waals surface area contributed by atoms with E-state index in [1.165, 1.54) is 33.0 Å². The summed E-state index contributed by atoms with van der Waals surface area (Å²) in [5.74, 6) is 0. The minimum atomic E-state index is 0.820. The number of anilines is 3. The van der Waals surface area contributed by atoms with Gasteiger partial charge in [0.1, 0.15) is 11.2 Å². The van der Waals surface area contributed by atoms with Gasteiger partial charge in [-0.2, -0.15) is 0 Å². The van der Waals surface area contributed by atoms with Gasteiger partial charge in [-0.15, -0.1) is 0 Å². The van der Waals surface area contributed by atoms with Crippen LogP contribution >= 0.6 is 0 Å². The van der Waals surface area contributed by atoms with Crippen LogP contribution in [-0.2, 0) is 0 Å². The topological polar surface area (TPSA) is 29.3 Å². The summed E-state index contributed by atoms with van der Waals surface area (Å²) in [6.07, 6.45) is 3.72. The molecule has 0 N–H and O–H groups in total. The molecule has 3 nitrogen and oxygen atoms in total. The fraction of sp³-hybridized carbons (Fsp3) is 0. The van der Waals surface area contributed by atoms with Crippen molar-refractivity contribution >= 4 is 60.5 Å². The first-order valence-corrected chi connectivity index (χ1v) is 17.6. The van der Waals surface area contributed by atoms with Crippen molar-refractivity contribution in [3.05, 3.63) is 194 Å². The maximum absolute atomic E-state index is 6.52. The number of hydrogen-bond acceptors (Lipinski definition) is 3. The maximum Gasteiger partial charge on any atom is 0.138 e. The van der Waals surface area contributed by atoms with Crippen LogP contribution in [0.2, 0.25) is 0 Å². The summed E-state index contributed by atoms with van der Waals surface area (Å²) in [5, 5.41) is 6.74. The molecule has 0 spiro atoms. The van der Waals surface area contributed by atoms with Gasteiger partial charge < -0.3 is 9.32 Å². The molecule has 0 amide bonds. The van der Waals surface area contributed by atoms with Crippen LogP contribution in [0.1, 0.15) is 0 Å². The molecule has 3 heteroatoms. The summed E-state index contributed by atoms with van der Waals surface area (Å²) in [4.78, 5) is 6.93. The number of hydrogen-bond donors (Lipinski definition) is 0. The first kappa shape index (κ1) is 29.9. The molecule has 2 heterocycles. The molecule has 0 saturated heterocycles. The van der Waals surface area contributed by atoms with Crippen molar-refractivity contribution in [2.24, 2.45) is 0 Å². The van der Waals surface area contributed by atoms with E-state index >= 15 is 0 Å². The minimum Gasteiger partial charge on any atom is -0.456 e. The van der Waals surface area contributed by atoms with Crippen LogP contribution in [0, 0.1) is 0 Å². The lowest BCUT2D eigenvalue weighted by atomic mass is 9.97. The number of benzene rings is 8. The fourth-order valence-electron chi connectivity index (χ4n) is 7.64. The van der Waals surface area contributed by atoms with E-state index in [0.29, 0.717) is 0 Å². The van der Waals surface area contributed by atoms with Gasteiger partial charge in [0.25, 0.3) is 0 Å². The van der Waals surface area contributed by atoms with Crippen molar-refractivity contribution in [1.29, 1.82) is 0 Å². The minimum absolute atomic E-state index is 0.820. The lowest BCUT2D eigenvalue weighted by Crippen LogP contribution is -2.11. The molecular formula is C49H32N2O.